The molecule has 0 radical (unpaired) electrons. The molecule has 1 aromatic carbocycles. The summed E-state index contributed by atoms with van der Waals surface area (Å²) < 4.78 is 55.5. The van der Waals surface area contributed by atoms with Gasteiger partial charge in [-0.3, -0.25) is 14.5 Å². The monoisotopic (exact) mass is 484 g/mol. The second-order valence-corrected chi connectivity index (χ2v) is 9.84. The second-order valence-electron chi connectivity index (χ2n) is 8.00. The van der Waals surface area contributed by atoms with Gasteiger partial charge in [0.15, 0.2) is 11.6 Å². The highest BCUT2D eigenvalue weighted by Crippen LogP contribution is 2.30. The van der Waals surface area contributed by atoms with Crippen molar-refractivity contribution >= 4 is 32.5 Å². The van der Waals surface area contributed by atoms with Gasteiger partial charge in [-0.25, -0.2) is 22.2 Å². The van der Waals surface area contributed by atoms with Crippen molar-refractivity contribution in [2.75, 3.05) is 10.5 Å². The van der Waals surface area contributed by atoms with Crippen LogP contribution in [0.3, 0.4) is 0 Å². The number of rotatable bonds is 7. The van der Waals surface area contributed by atoms with Crippen LogP contribution in [0.25, 0.3) is 22.2 Å². The highest BCUT2D eigenvalue weighted by Gasteiger charge is 2.25. The Morgan fingerprint density at radius 2 is 1.85 bits per heavy atom. The number of anilines is 1. The lowest BCUT2D eigenvalue weighted by atomic mass is 9.99. The standard InChI is InChI=1S/C24H22F2N4O3S/c1-4-7-34(32,33)30-22-20(25)6-5-16(21(22)26)23(31)19-12-29-24-17(19)9-15(10-28-24)18-11-27-14(3)8-13(18)2/h5-6,8-12,30H,4,7H2,1-3H3,(H,28,29). The minimum Gasteiger partial charge on any atom is -0.345 e. The van der Waals surface area contributed by atoms with E-state index in [1.54, 1.807) is 25.4 Å². The van der Waals surface area contributed by atoms with Crippen LogP contribution in [0.15, 0.2) is 42.9 Å². The number of carbonyl (C=O) groups excluding carboxylic acids is 1. The summed E-state index contributed by atoms with van der Waals surface area (Å²) in [6, 6.07) is 5.53. The third-order valence-electron chi connectivity index (χ3n) is 5.40. The second kappa shape index (κ2) is 8.94. The molecule has 2 N–H and O–H groups in total. The molecule has 0 bridgehead atoms. The van der Waals surface area contributed by atoms with Gasteiger partial charge in [-0.05, 0) is 50.1 Å². The molecule has 0 atom stereocenters. The maximum Gasteiger partial charge on any atom is 0.232 e. The van der Waals surface area contributed by atoms with E-state index in [1.165, 1.54) is 6.20 Å². The highest BCUT2D eigenvalue weighted by atomic mass is 32.2. The van der Waals surface area contributed by atoms with Crippen LogP contribution in [0.5, 0.6) is 0 Å². The van der Waals surface area contributed by atoms with Gasteiger partial charge in [-0.15, -0.1) is 0 Å². The van der Waals surface area contributed by atoms with Crippen molar-refractivity contribution in [3.8, 4) is 11.1 Å². The van der Waals surface area contributed by atoms with Gasteiger partial charge in [-0.2, -0.15) is 0 Å². The van der Waals surface area contributed by atoms with Crippen LogP contribution in [-0.4, -0.2) is 34.9 Å². The number of aromatic amines is 1. The summed E-state index contributed by atoms with van der Waals surface area (Å²) in [5.74, 6) is -3.44. The van der Waals surface area contributed by atoms with E-state index >= 15 is 4.39 Å². The molecule has 4 aromatic rings. The highest BCUT2D eigenvalue weighted by molar-refractivity contribution is 7.92. The van der Waals surface area contributed by atoms with E-state index in [9.17, 15) is 17.6 Å². The molecule has 0 aliphatic rings. The molecule has 0 spiro atoms. The molecule has 0 unspecified atom stereocenters. The molecule has 0 amide bonds. The minimum absolute atomic E-state index is 0.120. The number of nitrogens with zero attached hydrogens (tertiary/aromatic N) is 2. The van der Waals surface area contributed by atoms with Crippen molar-refractivity contribution < 1.29 is 22.0 Å². The van der Waals surface area contributed by atoms with Gasteiger partial charge in [0.2, 0.25) is 10.0 Å². The number of carbonyl (C=O) groups is 1. The van der Waals surface area contributed by atoms with Crippen molar-refractivity contribution in [1.29, 1.82) is 0 Å². The van der Waals surface area contributed by atoms with E-state index in [-0.39, 0.29) is 17.7 Å². The van der Waals surface area contributed by atoms with Crippen LogP contribution in [-0.2, 0) is 10.0 Å². The van der Waals surface area contributed by atoms with Crippen molar-refractivity contribution in [3.05, 3.63) is 76.9 Å². The Bertz CT molecular complexity index is 1530. The lowest BCUT2D eigenvalue weighted by Crippen LogP contribution is -2.19. The van der Waals surface area contributed by atoms with E-state index in [0.29, 0.717) is 11.0 Å². The maximum atomic E-state index is 15.2. The van der Waals surface area contributed by atoms with Crippen LogP contribution >= 0.6 is 0 Å². The number of ketones is 1. The van der Waals surface area contributed by atoms with Gasteiger partial charge < -0.3 is 4.98 Å². The van der Waals surface area contributed by atoms with E-state index in [4.69, 9.17) is 0 Å². The Kier molecular flexibility index (Phi) is 6.18. The number of halogens is 2. The van der Waals surface area contributed by atoms with Crippen molar-refractivity contribution in [1.82, 2.24) is 15.0 Å². The lowest BCUT2D eigenvalue weighted by molar-refractivity contribution is 0.103. The summed E-state index contributed by atoms with van der Waals surface area (Å²) in [7, 11) is -3.97. The van der Waals surface area contributed by atoms with E-state index < -0.39 is 38.7 Å². The first-order valence-corrected chi connectivity index (χ1v) is 12.2. The number of pyridine rings is 2. The zero-order chi connectivity index (χ0) is 24.6. The lowest BCUT2D eigenvalue weighted by Gasteiger charge is -2.12. The molecule has 3 aromatic heterocycles. The predicted octanol–water partition coefficient (Wildman–Crippen LogP) is 4.90. The van der Waals surface area contributed by atoms with Crippen LogP contribution in [0.4, 0.5) is 14.5 Å². The number of hydrogen-bond donors (Lipinski definition) is 2. The number of benzene rings is 1. The third kappa shape index (κ3) is 4.41. The first kappa shape index (κ1) is 23.5. The number of nitrogens with one attached hydrogen (secondary N) is 2. The molecule has 0 aliphatic heterocycles. The number of H-pyrrole nitrogens is 1. The zero-order valence-corrected chi connectivity index (χ0v) is 19.6. The first-order valence-electron chi connectivity index (χ1n) is 10.5. The average molecular weight is 485 g/mol. The van der Waals surface area contributed by atoms with E-state index in [2.05, 4.69) is 15.0 Å². The molecule has 34 heavy (non-hydrogen) atoms. The maximum absolute atomic E-state index is 15.2. The SMILES string of the molecule is CCCS(=O)(=O)Nc1c(F)ccc(C(=O)c2c[nH]c3ncc(-c4cnc(C)cc4C)cc23)c1F. The predicted molar refractivity (Wildman–Crippen MR) is 126 cm³/mol. The van der Waals surface area contributed by atoms with Crippen molar-refractivity contribution in [2.24, 2.45) is 0 Å². The quantitative estimate of drug-likeness (QED) is 0.363. The topological polar surface area (TPSA) is 105 Å². The normalized spacial score (nSPS) is 11.7. The van der Waals surface area contributed by atoms with E-state index in [1.807, 2.05) is 24.6 Å². The Morgan fingerprint density at radius 3 is 2.56 bits per heavy atom. The molecule has 0 saturated carbocycles. The third-order valence-corrected chi connectivity index (χ3v) is 6.86. The molecule has 0 saturated heterocycles. The smallest absolute Gasteiger partial charge is 0.232 e. The van der Waals surface area contributed by atoms with Gasteiger partial charge in [0.25, 0.3) is 0 Å². The number of sulfonamides is 1. The van der Waals surface area contributed by atoms with Crippen LogP contribution < -0.4 is 4.72 Å². The summed E-state index contributed by atoms with van der Waals surface area (Å²) in [5, 5.41) is 0.444. The molecule has 10 heteroatoms. The Labute approximate surface area is 195 Å². The average Bonchev–Trinajstić information content (AvgIpc) is 3.19. The summed E-state index contributed by atoms with van der Waals surface area (Å²) in [6.45, 7) is 5.45. The Morgan fingerprint density at radius 1 is 1.09 bits per heavy atom. The summed E-state index contributed by atoms with van der Waals surface area (Å²) >= 11 is 0. The Hall–Kier alpha value is -3.66. The molecular weight excluding hydrogens is 462 g/mol. The van der Waals surface area contributed by atoms with Crippen LogP contribution in [0, 0.1) is 25.5 Å². The fraction of sp³-hybridized carbons (Fsp3) is 0.208. The minimum atomic E-state index is -3.97. The summed E-state index contributed by atoms with van der Waals surface area (Å²) in [4.78, 5) is 24.8. The van der Waals surface area contributed by atoms with Gasteiger partial charge >= 0.3 is 0 Å². The zero-order valence-electron chi connectivity index (χ0n) is 18.7. The number of aromatic nitrogens is 3. The van der Waals surface area contributed by atoms with Gasteiger partial charge in [0, 0.05) is 46.4 Å². The number of hydrogen-bond acceptors (Lipinski definition) is 5. The molecule has 0 fully saturated rings. The number of aryl methyl sites for hydroxylation is 2. The fourth-order valence-corrected chi connectivity index (χ4v) is 4.92. The van der Waals surface area contributed by atoms with Gasteiger partial charge in [0.1, 0.15) is 17.2 Å². The fourth-order valence-electron chi connectivity index (χ4n) is 3.78. The van der Waals surface area contributed by atoms with Gasteiger partial charge in [-0.1, -0.05) is 6.92 Å². The van der Waals surface area contributed by atoms with Crippen molar-refractivity contribution in [2.45, 2.75) is 27.2 Å². The molecular formula is C24H22F2N4O3S. The van der Waals surface area contributed by atoms with Crippen LogP contribution in [0.2, 0.25) is 0 Å². The first-order chi connectivity index (χ1) is 16.1. The van der Waals surface area contributed by atoms with E-state index in [0.717, 1.165) is 34.5 Å². The van der Waals surface area contributed by atoms with Crippen LogP contribution in [0.1, 0.15) is 40.5 Å². The molecule has 176 valence electrons. The summed E-state index contributed by atoms with van der Waals surface area (Å²) in [6.07, 6.45) is 5.02. The molecule has 3 heterocycles. The molecule has 4 rings (SSSR count). The van der Waals surface area contributed by atoms with Gasteiger partial charge in [0.05, 0.1) is 11.3 Å². The number of fused-ring (bicyclic) bond motifs is 1. The molecule has 7 nitrogen and oxygen atoms in total. The summed E-state index contributed by atoms with van der Waals surface area (Å²) in [5.41, 5.74) is 2.59. The Balaban J connectivity index is 1.78. The van der Waals surface area contributed by atoms with Crippen molar-refractivity contribution in [3.63, 3.8) is 0 Å². The molecule has 0 aliphatic carbocycles. The largest absolute Gasteiger partial charge is 0.345 e.